The number of phenolic OH excluding ortho intramolecular Hbond substituents is 1. The van der Waals surface area contributed by atoms with Crippen molar-refractivity contribution in [1.82, 2.24) is 0 Å². The quantitative estimate of drug-likeness (QED) is 0.669. The third-order valence-electron chi connectivity index (χ3n) is 6.45. The average Bonchev–Trinajstić information content (AvgIpc) is 3.11. The van der Waals surface area contributed by atoms with Crippen molar-refractivity contribution in [3.8, 4) is 5.75 Å². The predicted molar refractivity (Wildman–Crippen MR) is 98.4 cm³/mol. The van der Waals surface area contributed by atoms with Crippen molar-refractivity contribution >= 4 is 5.97 Å². The van der Waals surface area contributed by atoms with Crippen molar-refractivity contribution in [2.45, 2.75) is 57.0 Å². The maximum Gasteiger partial charge on any atom is 0.316 e. The monoisotopic (exact) mass is 346 g/mol. The highest BCUT2D eigenvalue weighted by Crippen LogP contribution is 2.44. The number of hydrogen-bond acceptors (Lipinski definition) is 3. The molecule has 1 saturated heterocycles. The van der Waals surface area contributed by atoms with Gasteiger partial charge in [-0.15, -0.1) is 0 Å². The fraction of sp³-hybridized carbons (Fsp3) is 0.667. The van der Waals surface area contributed by atoms with Crippen LogP contribution in [0.25, 0.3) is 0 Å². The van der Waals surface area contributed by atoms with Crippen LogP contribution in [0.15, 0.2) is 24.3 Å². The zero-order chi connectivity index (χ0) is 18.1. The first-order valence-corrected chi connectivity index (χ1v) is 9.64. The Morgan fingerprint density at radius 2 is 1.64 bits per heavy atom. The molecule has 1 aliphatic carbocycles. The Morgan fingerprint density at radius 3 is 2.20 bits per heavy atom. The maximum absolute atomic E-state index is 13.3. The number of quaternary nitrogens is 1. The van der Waals surface area contributed by atoms with E-state index in [-0.39, 0.29) is 17.8 Å². The summed E-state index contributed by atoms with van der Waals surface area (Å²) in [5.41, 5.74) is 0.348. The van der Waals surface area contributed by atoms with Crippen LogP contribution in [0.5, 0.6) is 5.75 Å². The second-order valence-corrected chi connectivity index (χ2v) is 8.72. The largest absolute Gasteiger partial charge is 0.508 e. The van der Waals surface area contributed by atoms with E-state index < -0.39 is 5.41 Å². The summed E-state index contributed by atoms with van der Waals surface area (Å²) in [6.07, 6.45) is 6.42. The van der Waals surface area contributed by atoms with Crippen LogP contribution >= 0.6 is 0 Å². The molecule has 0 spiro atoms. The van der Waals surface area contributed by atoms with Gasteiger partial charge in [-0.1, -0.05) is 25.0 Å². The molecule has 4 nitrogen and oxygen atoms in total. The number of rotatable bonds is 4. The van der Waals surface area contributed by atoms with Crippen LogP contribution in [0, 0.1) is 5.92 Å². The molecule has 0 radical (unpaired) electrons. The number of esters is 1. The van der Waals surface area contributed by atoms with Crippen LogP contribution in [0.4, 0.5) is 0 Å². The average molecular weight is 346 g/mol. The lowest BCUT2D eigenvalue weighted by atomic mass is 9.71. The highest BCUT2D eigenvalue weighted by atomic mass is 16.5. The smallest absolute Gasteiger partial charge is 0.316 e. The van der Waals surface area contributed by atoms with Gasteiger partial charge in [-0.25, -0.2) is 0 Å². The highest BCUT2D eigenvalue weighted by molar-refractivity contribution is 5.83. The van der Waals surface area contributed by atoms with E-state index in [2.05, 4.69) is 14.1 Å². The van der Waals surface area contributed by atoms with Crippen molar-refractivity contribution in [2.24, 2.45) is 5.92 Å². The van der Waals surface area contributed by atoms with Gasteiger partial charge in [0.2, 0.25) is 0 Å². The van der Waals surface area contributed by atoms with E-state index in [4.69, 9.17) is 4.74 Å². The number of piperidine rings is 1. The van der Waals surface area contributed by atoms with E-state index in [0.29, 0.717) is 5.92 Å². The fourth-order valence-corrected chi connectivity index (χ4v) is 4.47. The van der Waals surface area contributed by atoms with Gasteiger partial charge in [-0.05, 0) is 43.4 Å². The first-order chi connectivity index (χ1) is 11.8. The van der Waals surface area contributed by atoms with Crippen LogP contribution in [-0.4, -0.2) is 48.8 Å². The zero-order valence-electron chi connectivity index (χ0n) is 15.8. The lowest BCUT2D eigenvalue weighted by Crippen LogP contribution is -2.50. The zero-order valence-corrected chi connectivity index (χ0v) is 15.8. The van der Waals surface area contributed by atoms with E-state index in [0.717, 1.165) is 48.8 Å². The Labute approximate surface area is 151 Å². The molecular weight excluding hydrogens is 314 g/mol. The van der Waals surface area contributed by atoms with Gasteiger partial charge in [-0.2, -0.15) is 0 Å². The van der Waals surface area contributed by atoms with Crippen molar-refractivity contribution in [2.75, 3.05) is 27.2 Å². The van der Waals surface area contributed by atoms with Gasteiger partial charge in [0.05, 0.1) is 32.6 Å². The standard InChI is InChI=1S/C21H31NO3/c1-21(16-6-4-5-7-16,17-8-10-18(23)11-9-17)20(24)25-19-12-14-22(2,3)15-13-19/h8-11,16,19H,4-7,12-15H2,1-3H3/p+1. The second-order valence-electron chi connectivity index (χ2n) is 8.72. The SMILES string of the molecule is CC(C(=O)OC1CC[N+](C)(C)CC1)(c1ccc(O)cc1)C1CCCC1. The van der Waals surface area contributed by atoms with Crippen molar-refractivity contribution in [3.05, 3.63) is 29.8 Å². The number of benzene rings is 1. The van der Waals surface area contributed by atoms with E-state index >= 15 is 0 Å². The summed E-state index contributed by atoms with van der Waals surface area (Å²) < 4.78 is 7.04. The summed E-state index contributed by atoms with van der Waals surface area (Å²) in [5.74, 6) is 0.473. The fourth-order valence-electron chi connectivity index (χ4n) is 4.47. The molecule has 1 atom stereocenters. The molecule has 25 heavy (non-hydrogen) atoms. The van der Waals surface area contributed by atoms with Gasteiger partial charge < -0.3 is 14.3 Å². The second kappa shape index (κ2) is 6.99. The minimum atomic E-state index is -0.619. The van der Waals surface area contributed by atoms with Crippen LogP contribution in [-0.2, 0) is 14.9 Å². The van der Waals surface area contributed by atoms with Gasteiger partial charge in [0.1, 0.15) is 11.9 Å². The Balaban J connectivity index is 1.79. The molecule has 138 valence electrons. The van der Waals surface area contributed by atoms with Crippen LogP contribution in [0.1, 0.15) is 51.0 Å². The molecule has 1 aromatic rings. The highest BCUT2D eigenvalue weighted by Gasteiger charge is 2.46. The van der Waals surface area contributed by atoms with Gasteiger partial charge in [0.25, 0.3) is 0 Å². The summed E-state index contributed by atoms with van der Waals surface area (Å²) in [4.78, 5) is 13.3. The molecule has 0 amide bonds. The number of hydrogen-bond donors (Lipinski definition) is 1. The molecule has 1 saturated carbocycles. The number of carbonyl (C=O) groups excluding carboxylic acids is 1. The number of phenols is 1. The molecule has 1 unspecified atom stereocenters. The molecule has 1 aromatic carbocycles. The van der Waals surface area contributed by atoms with Gasteiger partial charge in [0, 0.05) is 12.8 Å². The van der Waals surface area contributed by atoms with E-state index in [1.807, 2.05) is 19.1 Å². The van der Waals surface area contributed by atoms with Crippen LogP contribution in [0.2, 0.25) is 0 Å². The van der Waals surface area contributed by atoms with Crippen LogP contribution in [0.3, 0.4) is 0 Å². The first-order valence-electron chi connectivity index (χ1n) is 9.64. The minimum Gasteiger partial charge on any atom is -0.508 e. The van der Waals surface area contributed by atoms with Crippen molar-refractivity contribution in [3.63, 3.8) is 0 Å². The Bertz CT molecular complexity index is 594. The first kappa shape index (κ1) is 18.2. The van der Waals surface area contributed by atoms with E-state index in [1.54, 1.807) is 12.1 Å². The molecule has 1 N–H and O–H groups in total. The topological polar surface area (TPSA) is 46.5 Å². The van der Waals surface area contributed by atoms with Crippen molar-refractivity contribution in [1.29, 1.82) is 0 Å². The molecule has 3 rings (SSSR count). The molecule has 1 aliphatic heterocycles. The van der Waals surface area contributed by atoms with Crippen molar-refractivity contribution < 1.29 is 19.1 Å². The molecule has 4 heteroatoms. The minimum absolute atomic E-state index is 0.0384. The van der Waals surface area contributed by atoms with Gasteiger partial charge in [-0.3, -0.25) is 4.79 Å². The number of nitrogens with zero attached hydrogens (tertiary/aromatic N) is 1. The van der Waals surface area contributed by atoms with E-state index in [1.165, 1.54) is 12.8 Å². The van der Waals surface area contributed by atoms with Gasteiger partial charge in [0.15, 0.2) is 0 Å². The Hall–Kier alpha value is -1.55. The molecule has 0 aromatic heterocycles. The molecule has 2 aliphatic rings. The lowest BCUT2D eigenvalue weighted by Gasteiger charge is -2.39. The molecule has 0 bridgehead atoms. The summed E-state index contributed by atoms with van der Waals surface area (Å²) in [5, 5.41) is 9.62. The third-order valence-corrected chi connectivity index (χ3v) is 6.45. The summed E-state index contributed by atoms with van der Waals surface area (Å²) in [7, 11) is 4.47. The number of ether oxygens (including phenoxy) is 1. The Morgan fingerprint density at radius 1 is 1.08 bits per heavy atom. The van der Waals surface area contributed by atoms with E-state index in [9.17, 15) is 9.90 Å². The summed E-state index contributed by atoms with van der Waals surface area (Å²) in [6, 6.07) is 7.12. The predicted octanol–water partition coefficient (Wildman–Crippen LogP) is 3.62. The number of likely N-dealkylation sites (tertiary alicyclic amines) is 1. The lowest BCUT2D eigenvalue weighted by molar-refractivity contribution is -0.896. The molecular formula is C21H32NO3+. The molecule has 1 heterocycles. The number of carbonyl (C=O) groups is 1. The summed E-state index contributed by atoms with van der Waals surface area (Å²) in [6.45, 7) is 4.15. The molecule has 2 fully saturated rings. The Kier molecular flexibility index (Phi) is 5.10. The normalized spacial score (nSPS) is 24.0. The van der Waals surface area contributed by atoms with Gasteiger partial charge >= 0.3 is 5.97 Å². The third kappa shape index (κ3) is 3.84. The summed E-state index contributed by atoms with van der Waals surface area (Å²) >= 11 is 0. The number of aromatic hydroxyl groups is 1. The maximum atomic E-state index is 13.3. The van der Waals surface area contributed by atoms with Crippen LogP contribution < -0.4 is 0 Å².